The van der Waals surface area contributed by atoms with Crippen molar-refractivity contribution in [2.75, 3.05) is 0 Å². The standard InChI is InChI=1S/C9H15F2NO/c1-3-4-5-7(2)6-8(12)13-9(10)11/h6,9,12H,3-5H2,1-2H3/b7-6-,12-8?. The second kappa shape index (κ2) is 6.57. The molecule has 0 spiro atoms. The van der Waals surface area contributed by atoms with Crippen LogP contribution in [0.3, 0.4) is 0 Å². The number of unbranched alkanes of at least 4 members (excludes halogenated alkanes) is 1. The van der Waals surface area contributed by atoms with E-state index in [1.807, 2.05) is 6.92 Å². The topological polar surface area (TPSA) is 33.1 Å². The highest BCUT2D eigenvalue weighted by Gasteiger charge is 2.04. The van der Waals surface area contributed by atoms with Gasteiger partial charge in [0.25, 0.3) is 0 Å². The van der Waals surface area contributed by atoms with Crippen LogP contribution in [0.25, 0.3) is 0 Å². The van der Waals surface area contributed by atoms with Gasteiger partial charge in [-0.25, -0.2) is 0 Å². The molecule has 2 nitrogen and oxygen atoms in total. The zero-order valence-electron chi connectivity index (χ0n) is 7.94. The van der Waals surface area contributed by atoms with E-state index in [2.05, 4.69) is 4.74 Å². The van der Waals surface area contributed by atoms with Crippen LogP contribution < -0.4 is 0 Å². The molecule has 0 aliphatic rings. The van der Waals surface area contributed by atoms with Gasteiger partial charge in [-0.3, -0.25) is 5.41 Å². The fourth-order valence-electron chi connectivity index (χ4n) is 0.882. The van der Waals surface area contributed by atoms with Crippen LogP contribution >= 0.6 is 0 Å². The van der Waals surface area contributed by atoms with Gasteiger partial charge in [-0.2, -0.15) is 8.78 Å². The molecule has 4 heteroatoms. The second-order valence-electron chi connectivity index (χ2n) is 2.84. The predicted octanol–water partition coefficient (Wildman–Crippen LogP) is 3.34. The van der Waals surface area contributed by atoms with Crippen LogP contribution in [0.15, 0.2) is 11.6 Å². The first-order valence-electron chi connectivity index (χ1n) is 4.26. The van der Waals surface area contributed by atoms with Crippen molar-refractivity contribution in [1.82, 2.24) is 0 Å². The van der Waals surface area contributed by atoms with Crippen LogP contribution in [0.4, 0.5) is 8.78 Å². The second-order valence-corrected chi connectivity index (χ2v) is 2.84. The first-order valence-corrected chi connectivity index (χ1v) is 4.26. The summed E-state index contributed by atoms with van der Waals surface area (Å²) in [4.78, 5) is 0. The third-order valence-corrected chi connectivity index (χ3v) is 1.52. The maximum Gasteiger partial charge on any atom is 0.388 e. The molecule has 0 bridgehead atoms. The lowest BCUT2D eigenvalue weighted by atomic mass is 10.1. The molecular formula is C9H15F2NO. The summed E-state index contributed by atoms with van der Waals surface area (Å²) in [7, 11) is 0. The first-order chi connectivity index (χ1) is 6.06. The number of hydrogen-bond donors (Lipinski definition) is 1. The Balaban J connectivity index is 3.84. The summed E-state index contributed by atoms with van der Waals surface area (Å²) in [6, 6.07) is 0. The van der Waals surface area contributed by atoms with E-state index in [-0.39, 0.29) is 0 Å². The molecule has 0 aliphatic carbocycles. The minimum absolute atomic E-state index is 0.469. The van der Waals surface area contributed by atoms with Gasteiger partial charge in [-0.15, -0.1) is 0 Å². The number of ether oxygens (including phenoxy) is 1. The van der Waals surface area contributed by atoms with E-state index in [0.29, 0.717) is 0 Å². The monoisotopic (exact) mass is 191 g/mol. The van der Waals surface area contributed by atoms with Gasteiger partial charge >= 0.3 is 6.61 Å². The number of allylic oxidation sites excluding steroid dienone is 1. The van der Waals surface area contributed by atoms with Crippen molar-refractivity contribution >= 4 is 5.90 Å². The Morgan fingerprint density at radius 2 is 2.15 bits per heavy atom. The van der Waals surface area contributed by atoms with Gasteiger partial charge < -0.3 is 4.74 Å². The normalized spacial score (nSPS) is 11.9. The molecule has 0 rings (SSSR count). The molecular weight excluding hydrogens is 176 g/mol. The van der Waals surface area contributed by atoms with E-state index in [0.717, 1.165) is 24.8 Å². The fourth-order valence-corrected chi connectivity index (χ4v) is 0.882. The largest absolute Gasteiger partial charge is 0.418 e. The van der Waals surface area contributed by atoms with Crippen molar-refractivity contribution in [1.29, 1.82) is 5.41 Å². The lowest BCUT2D eigenvalue weighted by Crippen LogP contribution is -2.05. The van der Waals surface area contributed by atoms with E-state index in [4.69, 9.17) is 5.41 Å². The SMILES string of the molecule is CCCC/C(C)=C\C(=N)OC(F)F. The molecule has 1 N–H and O–H groups in total. The molecule has 0 radical (unpaired) electrons. The number of rotatable bonds is 5. The third kappa shape index (κ3) is 7.43. The molecule has 0 atom stereocenters. The Bertz CT molecular complexity index is 190. The molecule has 76 valence electrons. The Hall–Kier alpha value is -0.930. The number of hydrogen-bond acceptors (Lipinski definition) is 2. The molecule has 0 fully saturated rings. The Labute approximate surface area is 77.1 Å². The molecule has 0 amide bonds. The summed E-state index contributed by atoms with van der Waals surface area (Å²) < 4.78 is 27.1. The highest BCUT2D eigenvalue weighted by Crippen LogP contribution is 2.07. The van der Waals surface area contributed by atoms with Crippen LogP contribution in [0.1, 0.15) is 33.1 Å². The van der Waals surface area contributed by atoms with Crippen molar-refractivity contribution in [2.24, 2.45) is 0 Å². The molecule has 0 aromatic carbocycles. The number of nitrogens with one attached hydrogen (secondary N) is 1. The van der Waals surface area contributed by atoms with Crippen molar-refractivity contribution < 1.29 is 13.5 Å². The zero-order chi connectivity index (χ0) is 10.3. The fraction of sp³-hybridized carbons (Fsp3) is 0.667. The summed E-state index contributed by atoms with van der Waals surface area (Å²) in [5.74, 6) is -0.469. The third-order valence-electron chi connectivity index (χ3n) is 1.52. The van der Waals surface area contributed by atoms with Gasteiger partial charge in [0.15, 0.2) is 0 Å². The van der Waals surface area contributed by atoms with E-state index in [1.54, 1.807) is 6.92 Å². The Morgan fingerprint density at radius 3 is 2.62 bits per heavy atom. The quantitative estimate of drug-likeness (QED) is 0.524. The van der Waals surface area contributed by atoms with E-state index >= 15 is 0 Å². The molecule has 0 aromatic heterocycles. The van der Waals surface area contributed by atoms with Crippen molar-refractivity contribution in [3.8, 4) is 0 Å². The summed E-state index contributed by atoms with van der Waals surface area (Å²) in [5, 5.41) is 7.01. The maximum absolute atomic E-state index is 11.6. The molecule has 0 heterocycles. The van der Waals surface area contributed by atoms with Gasteiger partial charge in [-0.1, -0.05) is 18.9 Å². The van der Waals surface area contributed by atoms with Crippen molar-refractivity contribution in [2.45, 2.75) is 39.7 Å². The smallest absolute Gasteiger partial charge is 0.388 e. The molecule has 13 heavy (non-hydrogen) atoms. The van der Waals surface area contributed by atoms with Gasteiger partial charge in [0.2, 0.25) is 5.90 Å². The average molecular weight is 191 g/mol. The number of alkyl halides is 2. The van der Waals surface area contributed by atoms with E-state index in [9.17, 15) is 8.78 Å². The van der Waals surface area contributed by atoms with Crippen molar-refractivity contribution in [3.05, 3.63) is 11.6 Å². The first kappa shape index (κ1) is 12.1. The lowest BCUT2D eigenvalue weighted by Gasteiger charge is -2.03. The average Bonchev–Trinajstić information content (AvgIpc) is 1.98. The number of halogens is 2. The van der Waals surface area contributed by atoms with Gasteiger partial charge in [0.1, 0.15) is 0 Å². The zero-order valence-corrected chi connectivity index (χ0v) is 7.94. The Morgan fingerprint density at radius 1 is 1.54 bits per heavy atom. The van der Waals surface area contributed by atoms with E-state index < -0.39 is 12.5 Å². The van der Waals surface area contributed by atoms with Gasteiger partial charge in [0.05, 0.1) is 0 Å². The lowest BCUT2D eigenvalue weighted by molar-refractivity contribution is -0.0599. The van der Waals surface area contributed by atoms with Crippen LogP contribution in [-0.2, 0) is 4.74 Å². The summed E-state index contributed by atoms with van der Waals surface area (Å²) >= 11 is 0. The molecule has 0 aliphatic heterocycles. The van der Waals surface area contributed by atoms with Crippen LogP contribution in [0.2, 0.25) is 0 Å². The van der Waals surface area contributed by atoms with Gasteiger partial charge in [0, 0.05) is 0 Å². The minimum atomic E-state index is -2.90. The van der Waals surface area contributed by atoms with Crippen molar-refractivity contribution in [3.63, 3.8) is 0 Å². The highest BCUT2D eigenvalue weighted by atomic mass is 19.3. The summed E-state index contributed by atoms with van der Waals surface area (Å²) in [6.07, 6.45) is 4.21. The minimum Gasteiger partial charge on any atom is -0.418 e. The van der Waals surface area contributed by atoms with Gasteiger partial charge in [-0.05, 0) is 25.8 Å². The van der Waals surface area contributed by atoms with E-state index in [1.165, 1.54) is 6.08 Å². The predicted molar refractivity (Wildman–Crippen MR) is 48.1 cm³/mol. The van der Waals surface area contributed by atoms with Crippen LogP contribution in [0, 0.1) is 5.41 Å². The maximum atomic E-state index is 11.6. The Kier molecular flexibility index (Phi) is 6.10. The summed E-state index contributed by atoms with van der Waals surface area (Å²) in [5.41, 5.74) is 0.896. The highest BCUT2D eigenvalue weighted by molar-refractivity contribution is 5.85. The molecule has 0 unspecified atom stereocenters. The van der Waals surface area contributed by atoms with Crippen LogP contribution in [0.5, 0.6) is 0 Å². The molecule has 0 aromatic rings. The van der Waals surface area contributed by atoms with Crippen LogP contribution in [-0.4, -0.2) is 12.5 Å². The summed E-state index contributed by atoms with van der Waals surface area (Å²) in [6.45, 7) is 0.954. The molecule has 0 saturated heterocycles. The molecule has 0 saturated carbocycles.